The van der Waals surface area contributed by atoms with Crippen LogP contribution in [0.2, 0.25) is 0 Å². The topological polar surface area (TPSA) is 80.7 Å². The Bertz CT molecular complexity index is 353. The summed E-state index contributed by atoms with van der Waals surface area (Å²) >= 11 is 0. The molecule has 88 valence electrons. The van der Waals surface area contributed by atoms with E-state index in [0.717, 1.165) is 0 Å². The third-order valence-corrected chi connectivity index (χ3v) is 1.63. The van der Waals surface area contributed by atoms with Gasteiger partial charge in [0.15, 0.2) is 6.10 Å². The van der Waals surface area contributed by atoms with Crippen LogP contribution in [0.5, 0.6) is 0 Å². The van der Waals surface area contributed by atoms with Gasteiger partial charge in [0.25, 0.3) is 0 Å². The first-order valence-corrected chi connectivity index (χ1v) is 4.52. The number of rotatable bonds is 6. The average molecular weight is 226 g/mol. The van der Waals surface area contributed by atoms with Gasteiger partial charge < -0.3 is 9.84 Å². The molecule has 0 rings (SSSR count). The predicted molar refractivity (Wildman–Crippen MR) is 56.6 cm³/mol. The normalized spacial score (nSPS) is 11.4. The molecule has 0 aliphatic rings. The summed E-state index contributed by atoms with van der Waals surface area (Å²) in [6.07, 6.45) is -1.66. The highest BCUT2D eigenvalue weighted by atomic mass is 16.5. The second-order valence-corrected chi connectivity index (χ2v) is 3.37. The van der Waals surface area contributed by atoms with Crippen LogP contribution in [0.3, 0.4) is 0 Å². The van der Waals surface area contributed by atoms with E-state index in [1.807, 2.05) is 0 Å². The van der Waals surface area contributed by atoms with E-state index in [-0.39, 0.29) is 11.1 Å². The zero-order valence-corrected chi connectivity index (χ0v) is 9.28. The number of Topliss-reactive ketones (excluding diaryl/α,β-unsaturated/α-hetero) is 2. The van der Waals surface area contributed by atoms with Gasteiger partial charge in [-0.1, -0.05) is 13.2 Å². The smallest absolute Gasteiger partial charge is 0.333 e. The van der Waals surface area contributed by atoms with Gasteiger partial charge in [-0.2, -0.15) is 0 Å². The fraction of sp³-hybridized carbons (Fsp3) is 0.364. The van der Waals surface area contributed by atoms with E-state index in [1.54, 1.807) is 0 Å². The van der Waals surface area contributed by atoms with E-state index in [4.69, 9.17) is 0 Å². The molecule has 0 spiro atoms. The highest BCUT2D eigenvalue weighted by Gasteiger charge is 2.24. The zero-order chi connectivity index (χ0) is 12.9. The van der Waals surface area contributed by atoms with Crippen molar-refractivity contribution in [2.45, 2.75) is 20.0 Å². The highest BCUT2D eigenvalue weighted by molar-refractivity contribution is 6.44. The maximum absolute atomic E-state index is 11.2. The molecule has 0 aromatic carbocycles. The van der Waals surface area contributed by atoms with Crippen LogP contribution < -0.4 is 0 Å². The Kier molecular flexibility index (Phi) is 5.32. The molecule has 0 aromatic heterocycles. The molecule has 0 aromatic rings. The van der Waals surface area contributed by atoms with Crippen molar-refractivity contribution in [1.29, 1.82) is 0 Å². The molecule has 0 fully saturated rings. The molecule has 5 heteroatoms. The maximum atomic E-state index is 11.2. The van der Waals surface area contributed by atoms with Crippen molar-refractivity contribution in [2.75, 3.05) is 6.61 Å². The van der Waals surface area contributed by atoms with Gasteiger partial charge in [0, 0.05) is 5.57 Å². The molecule has 16 heavy (non-hydrogen) atoms. The van der Waals surface area contributed by atoms with Gasteiger partial charge in [0.1, 0.15) is 6.61 Å². The third kappa shape index (κ3) is 4.18. The molecule has 0 aliphatic heterocycles. The van der Waals surface area contributed by atoms with E-state index >= 15 is 0 Å². The van der Waals surface area contributed by atoms with Crippen LogP contribution >= 0.6 is 0 Å². The number of esters is 1. The monoisotopic (exact) mass is 226 g/mol. The van der Waals surface area contributed by atoms with Gasteiger partial charge in [-0.05, 0) is 19.4 Å². The standard InChI is InChI=1S/C11H14O5/c1-6(2)9(13)10(14)8(12)5-16-11(15)7(3)4/h8,12H,1,3,5H2,2,4H3. The SMILES string of the molecule is C=C(C)C(=O)OCC(O)C(=O)C(=O)C(=C)C. The number of carbonyl (C=O) groups excluding carboxylic acids is 3. The molecule has 0 heterocycles. The predicted octanol–water partition coefficient (Wildman–Crippen LogP) is 0.181. The Hall–Kier alpha value is -1.75. The second kappa shape index (κ2) is 5.97. The van der Waals surface area contributed by atoms with Crippen LogP contribution in [0.15, 0.2) is 24.3 Å². The van der Waals surface area contributed by atoms with Crippen LogP contribution in [0.1, 0.15) is 13.8 Å². The first-order chi connectivity index (χ1) is 7.27. The highest BCUT2D eigenvalue weighted by Crippen LogP contribution is 1.99. The number of aliphatic hydroxyl groups excluding tert-OH is 1. The molecule has 0 amide bonds. The van der Waals surface area contributed by atoms with E-state index in [1.165, 1.54) is 13.8 Å². The van der Waals surface area contributed by atoms with Crippen molar-refractivity contribution in [3.05, 3.63) is 24.3 Å². The number of allylic oxidation sites excluding steroid dienone is 1. The second-order valence-electron chi connectivity index (χ2n) is 3.37. The van der Waals surface area contributed by atoms with Crippen LogP contribution in [0.25, 0.3) is 0 Å². The van der Waals surface area contributed by atoms with Crippen LogP contribution in [0.4, 0.5) is 0 Å². The Morgan fingerprint density at radius 3 is 2.06 bits per heavy atom. The lowest BCUT2D eigenvalue weighted by atomic mass is 10.1. The molecule has 1 N–H and O–H groups in total. The van der Waals surface area contributed by atoms with Crippen LogP contribution in [-0.2, 0) is 19.1 Å². The van der Waals surface area contributed by atoms with Gasteiger partial charge in [-0.15, -0.1) is 0 Å². The van der Waals surface area contributed by atoms with E-state index < -0.39 is 30.2 Å². The fourth-order valence-electron chi connectivity index (χ4n) is 0.715. The van der Waals surface area contributed by atoms with Gasteiger partial charge in [0.05, 0.1) is 0 Å². The number of ether oxygens (including phenoxy) is 1. The first-order valence-electron chi connectivity index (χ1n) is 4.52. The molecule has 0 saturated carbocycles. The number of ketones is 2. The zero-order valence-electron chi connectivity index (χ0n) is 9.28. The molecule has 5 nitrogen and oxygen atoms in total. The van der Waals surface area contributed by atoms with Crippen LogP contribution in [-0.4, -0.2) is 35.4 Å². The first kappa shape index (κ1) is 14.2. The van der Waals surface area contributed by atoms with Crippen molar-refractivity contribution < 1.29 is 24.2 Å². The minimum Gasteiger partial charge on any atom is -0.459 e. The molecule has 0 aliphatic carbocycles. The van der Waals surface area contributed by atoms with Crippen molar-refractivity contribution in [3.63, 3.8) is 0 Å². The van der Waals surface area contributed by atoms with Crippen molar-refractivity contribution in [1.82, 2.24) is 0 Å². The summed E-state index contributed by atoms with van der Waals surface area (Å²) in [4.78, 5) is 33.2. The summed E-state index contributed by atoms with van der Waals surface area (Å²) in [5.41, 5.74) is 0.168. The third-order valence-electron chi connectivity index (χ3n) is 1.63. The van der Waals surface area contributed by atoms with E-state index in [9.17, 15) is 19.5 Å². The Morgan fingerprint density at radius 1 is 1.19 bits per heavy atom. The van der Waals surface area contributed by atoms with Gasteiger partial charge in [-0.25, -0.2) is 4.79 Å². The quantitative estimate of drug-likeness (QED) is 0.397. The van der Waals surface area contributed by atoms with Gasteiger partial charge in [0.2, 0.25) is 11.6 Å². The Morgan fingerprint density at radius 2 is 1.69 bits per heavy atom. The molecule has 0 radical (unpaired) electrons. The van der Waals surface area contributed by atoms with Crippen LogP contribution in [0, 0.1) is 0 Å². The van der Waals surface area contributed by atoms with Gasteiger partial charge >= 0.3 is 5.97 Å². The summed E-state index contributed by atoms with van der Waals surface area (Å²) in [6.45, 7) is 8.81. The lowest BCUT2D eigenvalue weighted by Crippen LogP contribution is -2.33. The lowest BCUT2D eigenvalue weighted by Gasteiger charge is -2.09. The Balaban J connectivity index is 4.27. The van der Waals surface area contributed by atoms with Crippen molar-refractivity contribution in [2.24, 2.45) is 0 Å². The van der Waals surface area contributed by atoms with Crippen molar-refractivity contribution in [3.8, 4) is 0 Å². The maximum Gasteiger partial charge on any atom is 0.333 e. The van der Waals surface area contributed by atoms with E-state index in [0.29, 0.717) is 0 Å². The minimum absolute atomic E-state index is 0.0234. The minimum atomic E-state index is -1.66. The van der Waals surface area contributed by atoms with E-state index in [2.05, 4.69) is 17.9 Å². The summed E-state index contributed by atoms with van der Waals surface area (Å²) in [7, 11) is 0. The molecule has 0 saturated heterocycles. The molecule has 0 bridgehead atoms. The number of hydrogen-bond acceptors (Lipinski definition) is 5. The number of hydrogen-bond donors (Lipinski definition) is 1. The summed E-state index contributed by atoms with van der Waals surface area (Å²) < 4.78 is 4.53. The summed E-state index contributed by atoms with van der Waals surface area (Å²) in [5.74, 6) is -2.64. The molecule has 1 unspecified atom stereocenters. The molecular weight excluding hydrogens is 212 g/mol. The molecule has 1 atom stereocenters. The fourth-order valence-corrected chi connectivity index (χ4v) is 0.715. The summed E-state index contributed by atoms with van der Waals surface area (Å²) in [6, 6.07) is 0. The van der Waals surface area contributed by atoms with Gasteiger partial charge in [-0.3, -0.25) is 9.59 Å². The lowest BCUT2D eigenvalue weighted by molar-refractivity contribution is -0.148. The number of carbonyl (C=O) groups is 3. The molecular formula is C11H14O5. The largest absolute Gasteiger partial charge is 0.459 e. The average Bonchev–Trinajstić information content (AvgIpc) is 2.22. The van der Waals surface area contributed by atoms with Crippen molar-refractivity contribution >= 4 is 17.5 Å². The Labute approximate surface area is 93.4 Å². The number of aliphatic hydroxyl groups is 1. The summed E-state index contributed by atoms with van der Waals surface area (Å²) in [5, 5.41) is 9.25.